The van der Waals surface area contributed by atoms with Crippen LogP contribution in [0.1, 0.15) is 80.5 Å². The third kappa shape index (κ3) is 63.0. The van der Waals surface area contributed by atoms with Crippen molar-refractivity contribution in [2.45, 2.75) is 79.1 Å². The molecular formula is C16H41NO12S3. The average Bonchev–Trinajstić information content (AvgIpc) is 2.56. The van der Waals surface area contributed by atoms with Crippen molar-refractivity contribution in [1.29, 1.82) is 0 Å². The van der Waals surface area contributed by atoms with Crippen molar-refractivity contribution in [3.63, 3.8) is 0 Å². The monoisotopic (exact) mass is 535 g/mol. The molecule has 0 saturated carbocycles. The Kier molecular flexibility index (Phi) is 25.6. The predicted octanol–water partition coefficient (Wildman–Crippen LogP) is 2.47. The van der Waals surface area contributed by atoms with Crippen LogP contribution in [0.4, 0.5) is 0 Å². The largest absolute Gasteiger partial charge is 1.00 e. The van der Waals surface area contributed by atoms with Gasteiger partial charge in [-0.3, -0.25) is 26.6 Å². The normalized spacial score (nSPS) is 11.8. The minimum atomic E-state index is -5.17. The van der Waals surface area contributed by atoms with E-state index in [4.69, 9.17) is 52.6 Å². The Labute approximate surface area is 195 Å². The molecule has 0 rings (SSSR count). The van der Waals surface area contributed by atoms with Gasteiger partial charge in [-0.1, -0.05) is 53.4 Å². The molecule has 4 N–H and O–H groups in total. The van der Waals surface area contributed by atoms with E-state index in [-0.39, 0.29) is 1.43 Å². The first-order chi connectivity index (χ1) is 14.2. The number of nitrogens with zero attached hydrogens (tertiary/aromatic N) is 1. The summed E-state index contributed by atoms with van der Waals surface area (Å²) in [4.78, 5) is 0. The fraction of sp³-hybridized carbons (Fsp3) is 1.00. The predicted molar refractivity (Wildman–Crippen MR) is 119 cm³/mol. The lowest BCUT2D eigenvalue weighted by Gasteiger charge is -2.39. The highest BCUT2D eigenvalue weighted by molar-refractivity contribution is 7.80. The molecule has 0 atom stereocenters. The molecule has 0 aliphatic carbocycles. The summed E-state index contributed by atoms with van der Waals surface area (Å²) in [6.07, 6.45) is 11.1. The molecule has 0 bridgehead atoms. The number of hydrogen-bond acceptors (Lipinski definition) is 8. The van der Waals surface area contributed by atoms with E-state index in [0.717, 1.165) is 0 Å². The van der Waals surface area contributed by atoms with Crippen LogP contribution in [0.3, 0.4) is 0 Å². The second-order valence-corrected chi connectivity index (χ2v) is 9.56. The summed E-state index contributed by atoms with van der Waals surface area (Å²) in [6, 6.07) is 0. The van der Waals surface area contributed by atoms with Crippen LogP contribution in [0.2, 0.25) is 0 Å². The van der Waals surface area contributed by atoms with Crippen molar-refractivity contribution in [2.24, 2.45) is 0 Å². The summed E-state index contributed by atoms with van der Waals surface area (Å²) in [5, 5.41) is 0. The fourth-order valence-corrected chi connectivity index (χ4v) is 2.64. The van der Waals surface area contributed by atoms with E-state index in [0.29, 0.717) is 0 Å². The Hall–Kier alpha value is -0.430. The van der Waals surface area contributed by atoms with Gasteiger partial charge in [-0.2, -0.15) is 16.8 Å². The summed E-state index contributed by atoms with van der Waals surface area (Å²) < 4.78 is 98.7. The number of hydrogen-bond donors (Lipinski definition) is 4. The van der Waals surface area contributed by atoms with Crippen molar-refractivity contribution in [3.05, 3.63) is 0 Å². The SMILES string of the molecule is CCCC[N+](CCCC)(CCCC)CCCC.O=S(=O)(O)O.O=S(=O)(O)O.O=S(=O)([O-])[O-].[H+]. The second kappa shape index (κ2) is 21.1. The maximum absolute atomic E-state index is 8.74. The highest BCUT2D eigenvalue weighted by atomic mass is 32.3. The van der Waals surface area contributed by atoms with E-state index >= 15 is 0 Å². The van der Waals surface area contributed by atoms with Gasteiger partial charge in [0.25, 0.3) is 0 Å². The maximum atomic E-state index is 8.74. The molecule has 0 amide bonds. The Morgan fingerprint density at radius 1 is 0.562 bits per heavy atom. The first kappa shape index (κ1) is 38.8. The molecule has 0 saturated heterocycles. The van der Waals surface area contributed by atoms with Crippen LogP contribution in [0.25, 0.3) is 0 Å². The van der Waals surface area contributed by atoms with E-state index in [1.54, 1.807) is 0 Å². The van der Waals surface area contributed by atoms with Gasteiger partial charge >= 0.3 is 22.2 Å². The Morgan fingerprint density at radius 3 is 0.781 bits per heavy atom. The Morgan fingerprint density at radius 2 is 0.688 bits per heavy atom. The lowest BCUT2D eigenvalue weighted by molar-refractivity contribution is -0.929. The van der Waals surface area contributed by atoms with Crippen LogP contribution in [0.5, 0.6) is 0 Å². The van der Waals surface area contributed by atoms with E-state index < -0.39 is 31.2 Å². The quantitative estimate of drug-likeness (QED) is 0.160. The molecule has 0 heterocycles. The number of quaternary nitrogens is 1. The smallest absolute Gasteiger partial charge is 0.759 e. The zero-order valence-electron chi connectivity index (χ0n) is 20.2. The third-order valence-corrected chi connectivity index (χ3v) is 3.94. The van der Waals surface area contributed by atoms with Crippen molar-refractivity contribution < 1.29 is 58.5 Å². The highest BCUT2D eigenvalue weighted by Gasteiger charge is 2.24. The van der Waals surface area contributed by atoms with Crippen LogP contribution in [0.15, 0.2) is 0 Å². The van der Waals surface area contributed by atoms with Crippen LogP contribution in [0, 0.1) is 0 Å². The van der Waals surface area contributed by atoms with E-state index in [1.165, 1.54) is 82.0 Å². The maximum Gasteiger partial charge on any atom is 1.00 e. The molecule has 0 aromatic carbocycles. The molecule has 0 aromatic rings. The van der Waals surface area contributed by atoms with Crippen molar-refractivity contribution in [3.8, 4) is 0 Å². The molecule has 0 aromatic heterocycles. The van der Waals surface area contributed by atoms with E-state index in [2.05, 4.69) is 27.7 Å². The van der Waals surface area contributed by atoms with Gasteiger partial charge < -0.3 is 13.6 Å². The zero-order valence-corrected chi connectivity index (χ0v) is 21.7. The Bertz CT molecular complexity index is 595. The molecule has 200 valence electrons. The molecule has 0 fully saturated rings. The standard InChI is InChI=1S/C16H36N.3H2O4S/c1-5-9-13-17(14-10-6-2,15-11-7-3)16-12-8-4;3*1-5(2,3)4/h5-16H2,1-4H3;3*(H2,1,2,3,4)/q+1;;;/p-1. The minimum absolute atomic E-state index is 0. The fourth-order valence-electron chi connectivity index (χ4n) is 2.64. The summed E-state index contributed by atoms with van der Waals surface area (Å²) >= 11 is 0. The topological polar surface area (TPSA) is 229 Å². The van der Waals surface area contributed by atoms with Gasteiger partial charge in [0, 0.05) is 10.4 Å². The van der Waals surface area contributed by atoms with Gasteiger partial charge in [-0.15, -0.1) is 0 Å². The van der Waals surface area contributed by atoms with Gasteiger partial charge in [0.15, 0.2) is 0 Å². The molecule has 0 spiro atoms. The number of rotatable bonds is 12. The van der Waals surface area contributed by atoms with Crippen molar-refractivity contribution in [2.75, 3.05) is 26.2 Å². The van der Waals surface area contributed by atoms with Crippen LogP contribution >= 0.6 is 0 Å². The first-order valence-electron chi connectivity index (χ1n) is 10.2. The molecule has 0 aliphatic rings. The third-order valence-electron chi connectivity index (χ3n) is 3.94. The van der Waals surface area contributed by atoms with Crippen molar-refractivity contribution >= 4 is 31.2 Å². The average molecular weight is 536 g/mol. The summed E-state index contributed by atoms with van der Waals surface area (Å²) in [7, 11) is -14.5. The summed E-state index contributed by atoms with van der Waals surface area (Å²) in [6.45, 7) is 15.0. The van der Waals surface area contributed by atoms with E-state index in [1.807, 2.05) is 0 Å². The lowest BCUT2D eigenvalue weighted by Crippen LogP contribution is -2.50. The molecule has 0 radical (unpaired) electrons. The molecule has 13 nitrogen and oxygen atoms in total. The summed E-state index contributed by atoms with van der Waals surface area (Å²) in [5.74, 6) is 0. The molecular weight excluding hydrogens is 494 g/mol. The molecule has 16 heteroatoms. The molecule has 32 heavy (non-hydrogen) atoms. The molecule has 0 aliphatic heterocycles. The van der Waals surface area contributed by atoms with Gasteiger partial charge in [-0.25, -0.2) is 0 Å². The van der Waals surface area contributed by atoms with E-state index in [9.17, 15) is 0 Å². The minimum Gasteiger partial charge on any atom is -0.759 e. The summed E-state index contributed by atoms with van der Waals surface area (Å²) in [5.41, 5.74) is 0. The number of unbranched alkanes of at least 4 members (excludes halogenated alkanes) is 4. The zero-order chi connectivity index (χ0) is 26.5. The lowest BCUT2D eigenvalue weighted by atomic mass is 10.1. The first-order valence-corrected chi connectivity index (χ1v) is 14.3. The molecule has 0 unspecified atom stereocenters. The van der Waals surface area contributed by atoms with Crippen LogP contribution < -0.4 is 0 Å². The van der Waals surface area contributed by atoms with Gasteiger partial charge in [0.1, 0.15) is 0 Å². The van der Waals surface area contributed by atoms with Crippen LogP contribution in [-0.4, -0.2) is 83.2 Å². The second-order valence-electron chi connectivity index (χ2n) is 6.95. The van der Waals surface area contributed by atoms with Crippen LogP contribution in [-0.2, 0) is 31.2 Å². The Balaban J connectivity index is -0.000000133. The van der Waals surface area contributed by atoms with Crippen molar-refractivity contribution in [1.82, 2.24) is 0 Å². The van der Waals surface area contributed by atoms with Gasteiger partial charge in [-0.05, 0) is 25.7 Å². The van der Waals surface area contributed by atoms with Gasteiger partial charge in [0.2, 0.25) is 0 Å². The van der Waals surface area contributed by atoms with Gasteiger partial charge in [0.05, 0.1) is 26.2 Å². The highest BCUT2D eigenvalue weighted by Crippen LogP contribution is 2.16.